The summed E-state index contributed by atoms with van der Waals surface area (Å²) < 4.78 is 0. The van der Waals surface area contributed by atoms with Gasteiger partial charge in [-0.2, -0.15) is 0 Å². The molecule has 0 heterocycles. The number of hydrogen-bond acceptors (Lipinski definition) is 3. The number of nitrogen functional groups attached to an aromatic ring is 1. The van der Waals surface area contributed by atoms with Crippen molar-refractivity contribution in [3.05, 3.63) is 40.5 Å². The van der Waals surface area contributed by atoms with Gasteiger partial charge >= 0.3 is 0 Å². The molecule has 3 nitrogen and oxygen atoms in total. The molecule has 0 saturated carbocycles. The molecule has 0 bridgehead atoms. The summed E-state index contributed by atoms with van der Waals surface area (Å²) in [5, 5.41) is 21.1. The van der Waals surface area contributed by atoms with Crippen LogP contribution in [0.3, 0.4) is 0 Å². The van der Waals surface area contributed by atoms with Crippen LogP contribution in [0.15, 0.2) is 29.3 Å². The van der Waals surface area contributed by atoms with Crippen LogP contribution in [-0.4, -0.2) is 10.2 Å². The van der Waals surface area contributed by atoms with E-state index < -0.39 is 12.2 Å². The minimum Gasteiger partial charge on any atom is -0.398 e. The van der Waals surface area contributed by atoms with E-state index in [-0.39, 0.29) is 0 Å². The fourth-order valence-corrected chi connectivity index (χ4v) is 3.45. The van der Waals surface area contributed by atoms with E-state index in [0.717, 1.165) is 36.0 Å². The number of hydrogen-bond donors (Lipinski definition) is 3. The van der Waals surface area contributed by atoms with Crippen molar-refractivity contribution in [3.8, 4) is 0 Å². The number of benzene rings is 1. The molecule has 3 atom stereocenters. The van der Waals surface area contributed by atoms with Crippen molar-refractivity contribution >= 4 is 5.69 Å². The van der Waals surface area contributed by atoms with Crippen molar-refractivity contribution < 1.29 is 10.2 Å². The summed E-state index contributed by atoms with van der Waals surface area (Å²) in [5.74, 6) is 0.341. The van der Waals surface area contributed by atoms with Crippen LogP contribution in [0.1, 0.15) is 49.5 Å². The lowest BCUT2D eigenvalue weighted by molar-refractivity contribution is 0.148. The molecule has 0 spiro atoms. The van der Waals surface area contributed by atoms with Gasteiger partial charge in [0.05, 0.1) is 0 Å². The largest absolute Gasteiger partial charge is 0.398 e. The van der Waals surface area contributed by atoms with Crippen LogP contribution in [0, 0.1) is 5.92 Å². The molecule has 96 valence electrons. The zero-order chi connectivity index (χ0) is 12.9. The summed E-state index contributed by atoms with van der Waals surface area (Å²) >= 11 is 0. The van der Waals surface area contributed by atoms with Crippen LogP contribution in [-0.2, 0) is 0 Å². The zero-order valence-electron chi connectivity index (χ0n) is 10.6. The molecule has 2 aliphatic carbocycles. The van der Waals surface area contributed by atoms with Gasteiger partial charge in [0, 0.05) is 11.3 Å². The molecular formula is C15H19NO2. The van der Waals surface area contributed by atoms with Crippen molar-refractivity contribution in [3.63, 3.8) is 0 Å². The minimum atomic E-state index is -0.637. The lowest BCUT2D eigenvalue weighted by atomic mass is 9.71. The first-order valence-electron chi connectivity index (χ1n) is 6.58. The van der Waals surface area contributed by atoms with Gasteiger partial charge in [-0.3, -0.25) is 0 Å². The van der Waals surface area contributed by atoms with Crippen LogP contribution in [0.2, 0.25) is 0 Å². The Bertz CT molecular complexity index is 521. The number of aliphatic hydroxyl groups is 2. The third kappa shape index (κ3) is 1.51. The number of nitrogens with two attached hydrogens (primary N) is 1. The molecule has 4 N–H and O–H groups in total. The number of fused-ring (bicyclic) bond motifs is 1. The third-order valence-electron chi connectivity index (χ3n) is 4.35. The molecule has 0 aliphatic heterocycles. The molecule has 0 aromatic heterocycles. The van der Waals surface area contributed by atoms with Crippen LogP contribution < -0.4 is 5.73 Å². The number of aliphatic hydroxyl groups excluding tert-OH is 2. The van der Waals surface area contributed by atoms with Crippen LogP contribution in [0.25, 0.3) is 0 Å². The monoisotopic (exact) mass is 245 g/mol. The van der Waals surface area contributed by atoms with E-state index in [1.54, 1.807) is 6.07 Å². The topological polar surface area (TPSA) is 66.5 Å². The van der Waals surface area contributed by atoms with E-state index in [9.17, 15) is 10.2 Å². The highest BCUT2D eigenvalue weighted by atomic mass is 16.3. The molecule has 0 unspecified atom stereocenters. The second kappa shape index (κ2) is 4.11. The van der Waals surface area contributed by atoms with Gasteiger partial charge in [-0.05, 0) is 48.0 Å². The van der Waals surface area contributed by atoms with Gasteiger partial charge in [0.15, 0.2) is 0 Å². The van der Waals surface area contributed by atoms with Crippen molar-refractivity contribution in [1.29, 1.82) is 0 Å². The van der Waals surface area contributed by atoms with Crippen molar-refractivity contribution in [2.75, 3.05) is 5.73 Å². The molecule has 2 aliphatic rings. The van der Waals surface area contributed by atoms with Crippen LogP contribution in [0.5, 0.6) is 0 Å². The maximum Gasteiger partial charge on any atom is 0.103 e. The molecule has 3 rings (SSSR count). The van der Waals surface area contributed by atoms with E-state index in [1.807, 2.05) is 12.1 Å². The normalized spacial score (nSPS) is 30.9. The second-order valence-corrected chi connectivity index (χ2v) is 5.43. The van der Waals surface area contributed by atoms with Crippen molar-refractivity contribution in [1.82, 2.24) is 0 Å². The van der Waals surface area contributed by atoms with Gasteiger partial charge in [0.2, 0.25) is 0 Å². The molecule has 0 fully saturated rings. The van der Waals surface area contributed by atoms with Crippen molar-refractivity contribution in [2.24, 2.45) is 5.92 Å². The highest BCUT2D eigenvalue weighted by molar-refractivity contribution is 5.59. The van der Waals surface area contributed by atoms with Crippen LogP contribution in [0.4, 0.5) is 5.69 Å². The Balaban J connectivity index is 2.20. The highest BCUT2D eigenvalue weighted by Crippen LogP contribution is 2.49. The Labute approximate surface area is 107 Å². The maximum absolute atomic E-state index is 10.5. The molecule has 0 radical (unpaired) electrons. The van der Waals surface area contributed by atoms with Gasteiger partial charge in [0.1, 0.15) is 12.2 Å². The van der Waals surface area contributed by atoms with Crippen LogP contribution >= 0.6 is 0 Å². The SMILES string of the molecule is C[C@H]1CCCC2=C1[C@H](O)c1cccc(N)c1[C@@H]2O. The number of anilines is 1. The molecular weight excluding hydrogens is 226 g/mol. The fourth-order valence-electron chi connectivity index (χ4n) is 3.45. The standard InChI is InChI=1S/C15H19NO2/c1-8-4-2-5-9-12(8)14(17)10-6-3-7-11(16)13(10)15(9)18/h3,6-8,14-15,17-18H,2,4-5,16H2,1H3/t8-,14+,15+/m0/s1. The van der Waals surface area contributed by atoms with Gasteiger partial charge in [0.25, 0.3) is 0 Å². The summed E-state index contributed by atoms with van der Waals surface area (Å²) in [6.45, 7) is 2.13. The summed E-state index contributed by atoms with van der Waals surface area (Å²) in [4.78, 5) is 0. The molecule has 0 saturated heterocycles. The lowest BCUT2D eigenvalue weighted by Gasteiger charge is -2.38. The highest BCUT2D eigenvalue weighted by Gasteiger charge is 2.37. The Morgan fingerprint density at radius 1 is 1.22 bits per heavy atom. The third-order valence-corrected chi connectivity index (χ3v) is 4.35. The van der Waals surface area contributed by atoms with E-state index in [2.05, 4.69) is 6.92 Å². The van der Waals surface area contributed by atoms with E-state index in [0.29, 0.717) is 17.2 Å². The molecule has 1 aromatic rings. The average molecular weight is 245 g/mol. The van der Waals surface area contributed by atoms with Gasteiger partial charge in [-0.15, -0.1) is 0 Å². The van der Waals surface area contributed by atoms with Gasteiger partial charge in [-0.25, -0.2) is 0 Å². The molecule has 3 heteroatoms. The summed E-state index contributed by atoms with van der Waals surface area (Å²) in [5.41, 5.74) is 10.0. The Kier molecular flexibility index (Phi) is 2.68. The minimum absolute atomic E-state index is 0.341. The summed E-state index contributed by atoms with van der Waals surface area (Å²) in [7, 11) is 0. The smallest absolute Gasteiger partial charge is 0.103 e. The van der Waals surface area contributed by atoms with E-state index in [4.69, 9.17) is 5.73 Å². The van der Waals surface area contributed by atoms with Gasteiger partial charge in [-0.1, -0.05) is 19.1 Å². The second-order valence-electron chi connectivity index (χ2n) is 5.43. The number of rotatable bonds is 0. The molecule has 18 heavy (non-hydrogen) atoms. The quantitative estimate of drug-likeness (QED) is 0.486. The van der Waals surface area contributed by atoms with E-state index >= 15 is 0 Å². The van der Waals surface area contributed by atoms with Crippen molar-refractivity contribution in [2.45, 2.75) is 38.4 Å². The summed E-state index contributed by atoms with van der Waals surface area (Å²) in [6.07, 6.45) is 1.79. The lowest BCUT2D eigenvalue weighted by Crippen LogP contribution is -2.26. The first-order valence-corrected chi connectivity index (χ1v) is 6.58. The maximum atomic E-state index is 10.5. The predicted octanol–water partition coefficient (Wildman–Crippen LogP) is 2.47. The summed E-state index contributed by atoms with van der Waals surface area (Å²) in [6, 6.07) is 5.49. The molecule has 0 amide bonds. The average Bonchev–Trinajstić information content (AvgIpc) is 2.35. The van der Waals surface area contributed by atoms with Gasteiger partial charge < -0.3 is 15.9 Å². The zero-order valence-corrected chi connectivity index (χ0v) is 10.6. The Hall–Kier alpha value is -1.32. The Morgan fingerprint density at radius 3 is 2.78 bits per heavy atom. The fraction of sp³-hybridized carbons (Fsp3) is 0.467. The van der Waals surface area contributed by atoms with E-state index in [1.165, 1.54) is 0 Å². The Morgan fingerprint density at radius 2 is 2.00 bits per heavy atom. The first kappa shape index (κ1) is 11.8. The first-order chi connectivity index (χ1) is 8.61. The predicted molar refractivity (Wildman–Crippen MR) is 70.8 cm³/mol. The molecule has 1 aromatic carbocycles.